The third-order valence-corrected chi connectivity index (χ3v) is 14.7. The molecule has 0 aliphatic heterocycles. The Hall–Kier alpha value is -0.0662. The van der Waals surface area contributed by atoms with Crippen LogP contribution in [0.2, 0.25) is 24.7 Å². The maximum absolute atomic E-state index is 6.52. The molecule has 0 saturated heterocycles. The van der Waals surface area contributed by atoms with E-state index in [4.69, 9.17) is 8.85 Å². The Morgan fingerprint density at radius 2 is 1.66 bits per heavy atom. The topological polar surface area (TPSA) is 18.5 Å². The summed E-state index contributed by atoms with van der Waals surface area (Å²) in [5, 5.41) is 0.405. The standard InChI is InChI=1S/C31H58O2Si2/c1-21(2)29(4,5)34-32-20-22(3)26-13-14-27-25-12-11-23-19-24(33-35(8,9)10)15-17-30(23,6)28(25)16-18-31(26,27)7/h19,21-23,25-28H,11-18,20,34H2,1-10H3/t22-,23-,25-,26+,27-,28-,30-,31+/m0/s1. The van der Waals surface area contributed by atoms with Crippen molar-refractivity contribution >= 4 is 18.1 Å². The molecule has 0 radical (unpaired) electrons. The first-order valence-corrected chi connectivity index (χ1v) is 19.8. The largest absolute Gasteiger partial charge is 0.548 e. The molecule has 0 N–H and O–H groups in total. The number of allylic oxidation sites excluding steroid dienone is 2. The SMILES string of the molecule is CC(C)C(C)(C)[SiH2]OC[C@H](C)[C@H]1CC[C@H]2[C@@H]3CC[C@H]4C=C(O[Si](C)(C)C)CC[C@]4(C)[C@H]3CC[C@]12C. The molecular formula is C31H58O2Si2. The van der Waals surface area contributed by atoms with Gasteiger partial charge >= 0.3 is 0 Å². The molecule has 4 aliphatic rings. The summed E-state index contributed by atoms with van der Waals surface area (Å²) in [4.78, 5) is 0. The van der Waals surface area contributed by atoms with Crippen LogP contribution in [0.3, 0.4) is 0 Å². The fourth-order valence-corrected chi connectivity index (χ4v) is 11.4. The first-order valence-electron chi connectivity index (χ1n) is 15.1. The Labute approximate surface area is 221 Å². The van der Waals surface area contributed by atoms with Crippen molar-refractivity contribution in [2.45, 2.75) is 125 Å². The Morgan fingerprint density at radius 3 is 2.31 bits per heavy atom. The molecule has 3 saturated carbocycles. The van der Waals surface area contributed by atoms with Gasteiger partial charge in [0.15, 0.2) is 9.76 Å². The lowest BCUT2D eigenvalue weighted by molar-refractivity contribution is -0.0987. The van der Waals surface area contributed by atoms with E-state index in [0.717, 1.165) is 42.1 Å². The van der Waals surface area contributed by atoms with Crippen LogP contribution in [0, 0.1) is 52.3 Å². The first kappa shape index (κ1) is 28.0. The zero-order chi connectivity index (χ0) is 25.8. The van der Waals surface area contributed by atoms with Crippen LogP contribution in [0.15, 0.2) is 11.8 Å². The van der Waals surface area contributed by atoms with Gasteiger partial charge in [0, 0.05) is 13.0 Å². The van der Waals surface area contributed by atoms with Crippen LogP contribution in [0.4, 0.5) is 0 Å². The molecule has 0 unspecified atom stereocenters. The Kier molecular flexibility index (Phi) is 7.92. The molecule has 8 atom stereocenters. The van der Waals surface area contributed by atoms with E-state index in [2.05, 4.69) is 74.2 Å². The summed E-state index contributed by atoms with van der Waals surface area (Å²) < 4.78 is 13.0. The third-order valence-electron chi connectivity index (χ3n) is 11.9. The molecular weight excluding hydrogens is 461 g/mol. The van der Waals surface area contributed by atoms with Crippen molar-refractivity contribution < 1.29 is 8.85 Å². The highest BCUT2D eigenvalue weighted by Crippen LogP contribution is 2.68. The highest BCUT2D eigenvalue weighted by Gasteiger charge is 2.60. The smallest absolute Gasteiger partial charge is 0.241 e. The van der Waals surface area contributed by atoms with Gasteiger partial charge in [0.05, 0.1) is 5.76 Å². The second-order valence-electron chi connectivity index (χ2n) is 15.8. The van der Waals surface area contributed by atoms with E-state index >= 15 is 0 Å². The molecule has 0 aromatic rings. The van der Waals surface area contributed by atoms with Crippen LogP contribution in [-0.2, 0) is 8.85 Å². The molecule has 35 heavy (non-hydrogen) atoms. The third kappa shape index (κ3) is 5.42. The van der Waals surface area contributed by atoms with Gasteiger partial charge in [-0.05, 0) is 128 Å². The monoisotopic (exact) mass is 518 g/mol. The van der Waals surface area contributed by atoms with E-state index in [-0.39, 0.29) is 0 Å². The highest BCUT2D eigenvalue weighted by atomic mass is 28.4. The minimum atomic E-state index is -1.51. The lowest BCUT2D eigenvalue weighted by Crippen LogP contribution is -2.53. The van der Waals surface area contributed by atoms with Crippen LogP contribution in [-0.4, -0.2) is 24.7 Å². The normalized spacial score (nSPS) is 40.9. The predicted molar refractivity (Wildman–Crippen MR) is 156 cm³/mol. The number of fused-ring (bicyclic) bond motifs is 5. The lowest BCUT2D eigenvalue weighted by atomic mass is 9.45. The molecule has 0 heterocycles. The van der Waals surface area contributed by atoms with Gasteiger partial charge in [0.2, 0.25) is 8.32 Å². The number of hydrogen-bond donors (Lipinski definition) is 0. The first-order chi connectivity index (χ1) is 16.2. The molecule has 4 aliphatic carbocycles. The molecule has 0 spiro atoms. The molecule has 4 heteroatoms. The molecule has 4 rings (SSSR count). The second kappa shape index (κ2) is 9.91. The van der Waals surface area contributed by atoms with Crippen molar-refractivity contribution in [3.05, 3.63) is 11.8 Å². The Morgan fingerprint density at radius 1 is 0.971 bits per heavy atom. The number of hydrogen-bond acceptors (Lipinski definition) is 2. The molecule has 202 valence electrons. The van der Waals surface area contributed by atoms with Crippen molar-refractivity contribution in [1.29, 1.82) is 0 Å². The van der Waals surface area contributed by atoms with Crippen molar-refractivity contribution in [1.82, 2.24) is 0 Å². The van der Waals surface area contributed by atoms with Gasteiger partial charge in [0.25, 0.3) is 0 Å². The van der Waals surface area contributed by atoms with Gasteiger partial charge in [-0.3, -0.25) is 0 Å². The van der Waals surface area contributed by atoms with Crippen molar-refractivity contribution in [2.75, 3.05) is 6.61 Å². The molecule has 0 bridgehead atoms. The summed E-state index contributed by atoms with van der Waals surface area (Å²) in [5.41, 5.74) is 1.04. The summed E-state index contributed by atoms with van der Waals surface area (Å²) in [7, 11) is -2.00. The van der Waals surface area contributed by atoms with Crippen molar-refractivity contribution in [3.63, 3.8) is 0 Å². The van der Waals surface area contributed by atoms with Gasteiger partial charge in [-0.25, -0.2) is 0 Å². The second-order valence-corrected chi connectivity index (χ2v) is 22.7. The van der Waals surface area contributed by atoms with E-state index in [1.54, 1.807) is 0 Å². The van der Waals surface area contributed by atoms with E-state index in [0.29, 0.717) is 21.8 Å². The van der Waals surface area contributed by atoms with E-state index in [9.17, 15) is 0 Å². The minimum Gasteiger partial charge on any atom is -0.548 e. The predicted octanol–water partition coefficient (Wildman–Crippen LogP) is 8.58. The average molecular weight is 519 g/mol. The number of rotatable bonds is 8. The van der Waals surface area contributed by atoms with Crippen molar-refractivity contribution in [2.24, 2.45) is 52.3 Å². The van der Waals surface area contributed by atoms with Crippen LogP contribution < -0.4 is 0 Å². The molecule has 2 nitrogen and oxygen atoms in total. The molecule has 0 aromatic carbocycles. The van der Waals surface area contributed by atoms with Gasteiger partial charge in [-0.2, -0.15) is 0 Å². The van der Waals surface area contributed by atoms with Crippen LogP contribution in [0.5, 0.6) is 0 Å². The average Bonchev–Trinajstić information content (AvgIpc) is 3.10. The maximum atomic E-state index is 6.52. The maximum Gasteiger partial charge on any atom is 0.241 e. The summed E-state index contributed by atoms with van der Waals surface area (Å²) >= 11 is 0. The zero-order valence-corrected chi connectivity index (χ0v) is 27.4. The molecule has 0 amide bonds. The Balaban J connectivity index is 1.42. The van der Waals surface area contributed by atoms with Crippen LogP contribution in [0.1, 0.15) is 99.8 Å². The summed E-state index contributed by atoms with van der Waals surface area (Å²) in [6.07, 6.45) is 13.8. The van der Waals surface area contributed by atoms with E-state index < -0.39 is 18.1 Å². The van der Waals surface area contributed by atoms with Gasteiger partial charge in [0.1, 0.15) is 0 Å². The summed E-state index contributed by atoms with van der Waals surface area (Å²) in [5.74, 6) is 7.19. The quantitative estimate of drug-likeness (QED) is 0.299. The van der Waals surface area contributed by atoms with Crippen LogP contribution in [0.25, 0.3) is 0 Å². The molecule has 3 fully saturated rings. The highest BCUT2D eigenvalue weighted by molar-refractivity contribution is 6.70. The van der Waals surface area contributed by atoms with Crippen molar-refractivity contribution in [3.8, 4) is 0 Å². The molecule has 0 aromatic heterocycles. The van der Waals surface area contributed by atoms with Crippen LogP contribution >= 0.6 is 0 Å². The zero-order valence-electron chi connectivity index (χ0n) is 25.0. The lowest BCUT2D eigenvalue weighted by Gasteiger charge is -2.60. The fraction of sp³-hybridized carbons (Fsp3) is 0.935. The Bertz CT molecular complexity index is 783. The van der Waals surface area contributed by atoms with E-state index in [1.165, 1.54) is 57.1 Å². The fourth-order valence-electron chi connectivity index (χ4n) is 9.07. The van der Waals surface area contributed by atoms with Gasteiger partial charge < -0.3 is 8.85 Å². The van der Waals surface area contributed by atoms with Gasteiger partial charge in [-0.1, -0.05) is 48.5 Å². The summed E-state index contributed by atoms with van der Waals surface area (Å²) in [6.45, 7) is 25.4. The summed E-state index contributed by atoms with van der Waals surface area (Å²) in [6, 6.07) is 0. The van der Waals surface area contributed by atoms with Gasteiger partial charge in [-0.15, -0.1) is 0 Å². The minimum absolute atomic E-state index is 0.405. The van der Waals surface area contributed by atoms with E-state index in [1.807, 2.05) is 0 Å².